The highest BCUT2D eigenvalue weighted by Crippen LogP contribution is 2.70. The molecule has 0 spiro atoms. The molecule has 45 heavy (non-hydrogen) atoms. The summed E-state index contributed by atoms with van der Waals surface area (Å²) in [5, 5.41) is 11.1. The lowest BCUT2D eigenvalue weighted by Gasteiger charge is -2.60. The molecule has 4 saturated carbocycles. The number of esters is 3. The Morgan fingerprint density at radius 3 is 2.33 bits per heavy atom. The number of halogens is 1. The average Bonchev–Trinajstić information content (AvgIpc) is 3.48. The van der Waals surface area contributed by atoms with Crippen LogP contribution in [0, 0.1) is 45.8 Å². The van der Waals surface area contributed by atoms with E-state index in [1.165, 1.54) is 12.5 Å². The van der Waals surface area contributed by atoms with Gasteiger partial charge in [0.05, 0.1) is 5.56 Å². The van der Waals surface area contributed by atoms with E-state index >= 15 is 0 Å². The van der Waals surface area contributed by atoms with Crippen molar-refractivity contribution in [1.29, 1.82) is 0 Å². The van der Waals surface area contributed by atoms with Crippen molar-refractivity contribution in [3.8, 4) is 0 Å². The second-order valence-corrected chi connectivity index (χ2v) is 17.0. The minimum absolute atomic E-state index is 0.111. The number of benzene rings is 1. The molecular formula is C37H47BrO7. The Balaban J connectivity index is 1.13. The fraction of sp³-hybridized carbons (Fsp3) is 0.703. The molecule has 1 saturated heterocycles. The standard InChI is InChI=1S/C37H47BrO7/c1-20(39)43-31-17-24(44-32(40)21-6-9-23(38)10-7-21)16-22-8-11-25-27-12-13-28(35(27,3)15-14-29(25)36(22,31)4)26-18-34(2)19-30(26)45-33(41)37(34,5)42/h6-10,24-31,42H,11-19H2,1-5H3/t24-,25+,26+,27+,28-,29+,30-,31+,34-,35+,36+,37-/m1/s1. The summed E-state index contributed by atoms with van der Waals surface area (Å²) in [6.07, 6.45) is 9.69. The minimum Gasteiger partial charge on any atom is -0.461 e. The summed E-state index contributed by atoms with van der Waals surface area (Å²) in [7, 11) is 0. The van der Waals surface area contributed by atoms with Crippen LogP contribution in [0.25, 0.3) is 0 Å². The molecule has 1 N–H and O–H groups in total. The lowest BCUT2D eigenvalue weighted by molar-refractivity contribution is -0.194. The first-order valence-electron chi connectivity index (χ1n) is 16.9. The molecule has 244 valence electrons. The Morgan fingerprint density at radius 1 is 0.956 bits per heavy atom. The van der Waals surface area contributed by atoms with Gasteiger partial charge in [-0.3, -0.25) is 4.79 Å². The zero-order valence-corrected chi connectivity index (χ0v) is 28.7. The molecule has 2 bridgehead atoms. The molecule has 1 aromatic rings. The van der Waals surface area contributed by atoms with Gasteiger partial charge in [-0.1, -0.05) is 48.4 Å². The Labute approximate surface area is 275 Å². The van der Waals surface area contributed by atoms with Crippen molar-refractivity contribution in [2.45, 2.75) is 116 Å². The maximum absolute atomic E-state index is 13.1. The van der Waals surface area contributed by atoms with Crippen LogP contribution in [0.2, 0.25) is 0 Å². The Morgan fingerprint density at radius 2 is 1.64 bits per heavy atom. The van der Waals surface area contributed by atoms with Crippen molar-refractivity contribution in [1.82, 2.24) is 0 Å². The van der Waals surface area contributed by atoms with E-state index in [2.05, 4.69) is 42.8 Å². The maximum atomic E-state index is 13.1. The van der Waals surface area contributed by atoms with E-state index in [1.807, 2.05) is 12.1 Å². The molecule has 7 nitrogen and oxygen atoms in total. The molecule has 5 aliphatic carbocycles. The lowest BCUT2D eigenvalue weighted by Crippen LogP contribution is -2.57. The summed E-state index contributed by atoms with van der Waals surface area (Å²) in [5.74, 6) is 1.00. The van der Waals surface area contributed by atoms with Crippen LogP contribution in [0.3, 0.4) is 0 Å². The van der Waals surface area contributed by atoms with E-state index < -0.39 is 17.0 Å². The van der Waals surface area contributed by atoms with Crippen LogP contribution in [-0.4, -0.2) is 46.9 Å². The van der Waals surface area contributed by atoms with Gasteiger partial charge in [-0.25, -0.2) is 9.59 Å². The molecule has 1 aromatic carbocycles. The van der Waals surface area contributed by atoms with Gasteiger partial charge in [0.2, 0.25) is 0 Å². The van der Waals surface area contributed by atoms with Crippen LogP contribution in [0.1, 0.15) is 103 Å². The van der Waals surface area contributed by atoms with Crippen molar-refractivity contribution in [2.75, 3.05) is 0 Å². The fourth-order valence-corrected chi connectivity index (χ4v) is 11.7. The first-order chi connectivity index (χ1) is 21.2. The van der Waals surface area contributed by atoms with Gasteiger partial charge >= 0.3 is 17.9 Å². The molecule has 0 amide bonds. The van der Waals surface area contributed by atoms with Crippen molar-refractivity contribution in [3.05, 3.63) is 46.0 Å². The highest BCUT2D eigenvalue weighted by atomic mass is 79.9. The number of carbonyl (C=O) groups excluding carboxylic acids is 3. The summed E-state index contributed by atoms with van der Waals surface area (Å²) < 4.78 is 19.0. The summed E-state index contributed by atoms with van der Waals surface area (Å²) >= 11 is 3.42. The van der Waals surface area contributed by atoms with Crippen LogP contribution in [0.4, 0.5) is 0 Å². The molecule has 12 atom stereocenters. The number of fused-ring (bicyclic) bond motifs is 7. The average molecular weight is 684 g/mol. The van der Waals surface area contributed by atoms with E-state index in [0.29, 0.717) is 42.1 Å². The summed E-state index contributed by atoms with van der Waals surface area (Å²) in [4.78, 5) is 38.3. The Kier molecular flexibility index (Phi) is 7.44. The summed E-state index contributed by atoms with van der Waals surface area (Å²) in [5.41, 5.74) is -0.288. The number of hydrogen-bond acceptors (Lipinski definition) is 7. The summed E-state index contributed by atoms with van der Waals surface area (Å²) in [6, 6.07) is 7.18. The van der Waals surface area contributed by atoms with Crippen molar-refractivity contribution in [3.63, 3.8) is 0 Å². The van der Waals surface area contributed by atoms with E-state index in [4.69, 9.17) is 14.2 Å². The molecular weight excluding hydrogens is 636 g/mol. The van der Waals surface area contributed by atoms with Crippen molar-refractivity contribution >= 4 is 33.8 Å². The predicted molar refractivity (Wildman–Crippen MR) is 171 cm³/mol. The van der Waals surface area contributed by atoms with Gasteiger partial charge in [-0.2, -0.15) is 0 Å². The van der Waals surface area contributed by atoms with Crippen LogP contribution in [0.15, 0.2) is 40.4 Å². The van der Waals surface area contributed by atoms with Crippen molar-refractivity contribution in [2.24, 2.45) is 45.8 Å². The maximum Gasteiger partial charge on any atom is 0.338 e. The number of allylic oxidation sites excluding steroid dienone is 1. The van der Waals surface area contributed by atoms with Gasteiger partial charge in [0.25, 0.3) is 0 Å². The quantitative estimate of drug-likeness (QED) is 0.204. The molecule has 5 fully saturated rings. The Hall–Kier alpha value is -2.19. The van der Waals surface area contributed by atoms with E-state index in [-0.39, 0.29) is 47.0 Å². The number of hydrogen-bond donors (Lipinski definition) is 1. The van der Waals surface area contributed by atoms with E-state index in [9.17, 15) is 19.5 Å². The molecule has 6 aliphatic rings. The van der Waals surface area contributed by atoms with Crippen LogP contribution >= 0.6 is 15.9 Å². The first kappa shape index (κ1) is 31.4. The third-order valence-electron chi connectivity index (χ3n) is 14.0. The monoisotopic (exact) mass is 682 g/mol. The third-order valence-corrected chi connectivity index (χ3v) is 14.6. The number of carbonyl (C=O) groups is 3. The fourth-order valence-electron chi connectivity index (χ4n) is 11.4. The molecule has 1 aliphatic heterocycles. The zero-order chi connectivity index (χ0) is 32.1. The van der Waals surface area contributed by atoms with E-state index in [0.717, 1.165) is 49.4 Å². The van der Waals surface area contributed by atoms with Gasteiger partial charge < -0.3 is 19.3 Å². The third kappa shape index (κ3) is 4.69. The number of ether oxygens (including phenoxy) is 3. The highest BCUT2D eigenvalue weighted by Gasteiger charge is 2.67. The molecule has 0 aromatic heterocycles. The second kappa shape index (κ2) is 10.7. The normalized spacial score (nSPS) is 46.6. The second-order valence-electron chi connectivity index (χ2n) is 16.1. The topological polar surface area (TPSA) is 99.1 Å². The minimum atomic E-state index is -1.44. The largest absolute Gasteiger partial charge is 0.461 e. The van der Waals surface area contributed by atoms with Gasteiger partial charge in [-0.05, 0) is 111 Å². The van der Waals surface area contributed by atoms with Crippen LogP contribution in [-0.2, 0) is 23.8 Å². The lowest BCUT2D eigenvalue weighted by atomic mass is 9.46. The van der Waals surface area contributed by atoms with Gasteiger partial charge in [0.1, 0.15) is 18.3 Å². The van der Waals surface area contributed by atoms with Gasteiger partial charge in [0, 0.05) is 35.1 Å². The number of aliphatic hydroxyl groups is 1. The number of rotatable bonds is 4. The van der Waals surface area contributed by atoms with Crippen LogP contribution in [0.5, 0.6) is 0 Å². The zero-order valence-electron chi connectivity index (χ0n) is 27.1. The molecule has 0 radical (unpaired) electrons. The van der Waals surface area contributed by atoms with Gasteiger partial charge in [-0.15, -0.1) is 0 Å². The Bertz CT molecular complexity index is 1430. The van der Waals surface area contributed by atoms with Gasteiger partial charge in [0.15, 0.2) is 5.60 Å². The smallest absolute Gasteiger partial charge is 0.338 e. The van der Waals surface area contributed by atoms with Crippen LogP contribution < -0.4 is 0 Å². The molecule has 8 heteroatoms. The van der Waals surface area contributed by atoms with E-state index in [1.54, 1.807) is 19.1 Å². The molecule has 7 rings (SSSR count). The predicted octanol–water partition coefficient (Wildman–Crippen LogP) is 7.19. The highest BCUT2D eigenvalue weighted by molar-refractivity contribution is 9.10. The van der Waals surface area contributed by atoms with Crippen molar-refractivity contribution < 1.29 is 33.7 Å². The summed E-state index contributed by atoms with van der Waals surface area (Å²) in [6.45, 7) is 9.98. The molecule has 1 heterocycles. The first-order valence-corrected chi connectivity index (χ1v) is 17.7. The molecule has 0 unspecified atom stereocenters. The SMILES string of the molecule is CC(=O)O[C@H]1C[C@H](OC(=O)c2ccc(Br)cc2)CC2=CC[C@H]3[C@@H]4CC[C@H]([C@@H]5C[C@]6(C)C[C@H]5OC(=O)[C@@]6(C)O)[C@@]4(C)CC[C@@H]3[C@]21C.